The van der Waals surface area contributed by atoms with Crippen LogP contribution in [0.15, 0.2) is 36.4 Å². The predicted octanol–water partition coefficient (Wildman–Crippen LogP) is 3.65. The Bertz CT molecular complexity index is 1050. The van der Waals surface area contributed by atoms with E-state index in [0.29, 0.717) is 5.56 Å². The second kappa shape index (κ2) is 7.99. The number of methoxy groups -OCH3 is 1. The second-order valence-corrected chi connectivity index (χ2v) is 7.96. The van der Waals surface area contributed by atoms with E-state index in [1.54, 1.807) is 24.3 Å². The van der Waals surface area contributed by atoms with E-state index in [4.69, 9.17) is 10.00 Å². The number of nitriles is 1. The number of hydrogen-bond acceptors (Lipinski definition) is 4. The molecule has 2 N–H and O–H groups in total. The number of ketones is 1. The van der Waals surface area contributed by atoms with Gasteiger partial charge in [0.2, 0.25) is 0 Å². The molecule has 31 heavy (non-hydrogen) atoms. The number of carbonyl (C=O) groups excluding carboxylic acids is 2. The van der Waals surface area contributed by atoms with Crippen LogP contribution in [-0.2, 0) is 10.3 Å². The van der Waals surface area contributed by atoms with Crippen molar-refractivity contribution in [3.8, 4) is 11.8 Å². The van der Waals surface area contributed by atoms with Crippen molar-refractivity contribution in [2.45, 2.75) is 43.2 Å². The van der Waals surface area contributed by atoms with Gasteiger partial charge in [-0.3, -0.25) is 4.79 Å². The van der Waals surface area contributed by atoms with Crippen molar-refractivity contribution in [2.75, 3.05) is 7.11 Å². The maximum atomic E-state index is 14.6. The van der Waals surface area contributed by atoms with E-state index in [0.717, 1.165) is 30.5 Å². The Morgan fingerprint density at radius 1 is 1.19 bits per heavy atom. The molecule has 0 unspecified atom stereocenters. The topological polar surface area (TPSA) is 91.2 Å². The summed E-state index contributed by atoms with van der Waals surface area (Å²) in [6.45, 7) is 0. The Kier molecular flexibility index (Phi) is 5.36. The van der Waals surface area contributed by atoms with Gasteiger partial charge in [-0.15, -0.1) is 0 Å². The highest BCUT2D eigenvalue weighted by atomic mass is 19.1. The van der Waals surface area contributed by atoms with E-state index in [1.165, 1.54) is 7.11 Å². The number of ether oxygens (including phenoxy) is 1. The summed E-state index contributed by atoms with van der Waals surface area (Å²) in [7, 11) is 1.31. The van der Waals surface area contributed by atoms with Gasteiger partial charge in [-0.25, -0.2) is 13.6 Å². The van der Waals surface area contributed by atoms with Crippen LogP contribution in [0.2, 0.25) is 0 Å². The summed E-state index contributed by atoms with van der Waals surface area (Å²) in [6, 6.07) is 9.55. The molecule has 0 saturated heterocycles. The first kappa shape index (κ1) is 20.8. The molecular formula is C23H21F2N3O3. The van der Waals surface area contributed by atoms with Crippen molar-refractivity contribution in [3.63, 3.8) is 0 Å². The Morgan fingerprint density at radius 2 is 1.84 bits per heavy atom. The number of rotatable bonds is 5. The molecule has 2 aromatic carbocycles. The molecule has 2 aliphatic rings. The molecule has 2 aromatic rings. The molecule has 160 valence electrons. The van der Waals surface area contributed by atoms with Gasteiger partial charge in [0.25, 0.3) is 0 Å². The molecule has 2 aliphatic carbocycles. The molecule has 8 heteroatoms. The minimum absolute atomic E-state index is 0.0448. The predicted molar refractivity (Wildman–Crippen MR) is 107 cm³/mol. The fourth-order valence-corrected chi connectivity index (χ4v) is 4.24. The third-order valence-electron chi connectivity index (χ3n) is 6.07. The van der Waals surface area contributed by atoms with Crippen molar-refractivity contribution in [3.05, 3.63) is 64.7 Å². The van der Waals surface area contributed by atoms with Gasteiger partial charge in [0.15, 0.2) is 5.78 Å². The number of urea groups is 1. The van der Waals surface area contributed by atoms with E-state index in [2.05, 4.69) is 16.7 Å². The van der Waals surface area contributed by atoms with Gasteiger partial charge in [0.05, 0.1) is 30.3 Å². The molecule has 2 amide bonds. The average Bonchev–Trinajstić information content (AvgIpc) is 3.46. The minimum atomic E-state index is -1.02. The number of benzene rings is 2. The molecule has 2 fully saturated rings. The third kappa shape index (κ3) is 3.96. The van der Waals surface area contributed by atoms with Crippen LogP contribution in [0.3, 0.4) is 0 Å². The summed E-state index contributed by atoms with van der Waals surface area (Å²) in [5.41, 5.74) is 0.603. The highest BCUT2D eigenvalue weighted by Crippen LogP contribution is 2.45. The quantitative estimate of drug-likeness (QED) is 0.765. The van der Waals surface area contributed by atoms with Crippen molar-refractivity contribution < 1.29 is 23.1 Å². The molecule has 4 rings (SSSR count). The fraction of sp³-hybridized carbons (Fsp3) is 0.348. The fourth-order valence-electron chi connectivity index (χ4n) is 4.24. The van der Waals surface area contributed by atoms with Crippen LogP contribution >= 0.6 is 0 Å². The van der Waals surface area contributed by atoms with Crippen LogP contribution in [0.1, 0.15) is 48.3 Å². The van der Waals surface area contributed by atoms with E-state index in [-0.39, 0.29) is 29.9 Å². The minimum Gasteiger partial charge on any atom is -0.497 e. The van der Waals surface area contributed by atoms with Gasteiger partial charge in [-0.05, 0) is 37.0 Å². The SMILES string of the molecule is COc1cc(F)c([C@@H]2CCC(=O)[C@H]2NC(=O)NC2(c3ccc(C#N)cc3)CC2)c(F)c1. The molecule has 0 bridgehead atoms. The van der Waals surface area contributed by atoms with Gasteiger partial charge >= 0.3 is 6.03 Å². The lowest BCUT2D eigenvalue weighted by Gasteiger charge is -2.24. The molecule has 0 heterocycles. The van der Waals surface area contributed by atoms with Gasteiger partial charge in [0, 0.05) is 30.0 Å². The van der Waals surface area contributed by atoms with E-state index in [1.807, 2.05) is 0 Å². The first-order chi connectivity index (χ1) is 14.9. The molecular weight excluding hydrogens is 404 g/mol. The van der Waals surface area contributed by atoms with Gasteiger partial charge in [-0.1, -0.05) is 12.1 Å². The van der Waals surface area contributed by atoms with Crippen LogP contribution < -0.4 is 15.4 Å². The Hall–Kier alpha value is -3.47. The molecule has 0 spiro atoms. The zero-order chi connectivity index (χ0) is 22.2. The van der Waals surface area contributed by atoms with Crippen LogP contribution in [-0.4, -0.2) is 25.0 Å². The van der Waals surface area contributed by atoms with Crippen LogP contribution in [0.5, 0.6) is 5.75 Å². The summed E-state index contributed by atoms with van der Waals surface area (Å²) in [5.74, 6) is -2.63. The summed E-state index contributed by atoms with van der Waals surface area (Å²) in [5, 5.41) is 14.5. The van der Waals surface area contributed by atoms with Crippen molar-refractivity contribution >= 4 is 11.8 Å². The molecule has 0 radical (unpaired) electrons. The highest BCUT2D eigenvalue weighted by molar-refractivity contribution is 5.91. The Morgan fingerprint density at radius 3 is 2.39 bits per heavy atom. The Labute approximate surface area is 178 Å². The van der Waals surface area contributed by atoms with Crippen molar-refractivity contribution in [1.29, 1.82) is 5.26 Å². The zero-order valence-electron chi connectivity index (χ0n) is 16.9. The lowest BCUT2D eigenvalue weighted by atomic mass is 9.92. The van der Waals surface area contributed by atoms with Gasteiger partial charge < -0.3 is 15.4 Å². The number of hydrogen-bond donors (Lipinski definition) is 2. The maximum Gasteiger partial charge on any atom is 0.316 e. The first-order valence-corrected chi connectivity index (χ1v) is 10.0. The van der Waals surface area contributed by atoms with E-state index in [9.17, 15) is 18.4 Å². The summed E-state index contributed by atoms with van der Waals surface area (Å²) in [4.78, 5) is 25.1. The number of amides is 2. The normalized spacial score (nSPS) is 21.3. The van der Waals surface area contributed by atoms with Crippen molar-refractivity contribution in [2.24, 2.45) is 0 Å². The molecule has 2 atom stereocenters. The molecule has 6 nitrogen and oxygen atoms in total. The van der Waals surface area contributed by atoms with Gasteiger partial charge in [-0.2, -0.15) is 5.26 Å². The van der Waals surface area contributed by atoms with Gasteiger partial charge in [0.1, 0.15) is 17.4 Å². The molecule has 0 aromatic heterocycles. The number of Topliss-reactive ketones (excluding diaryl/α,β-unsaturated/α-hetero) is 1. The van der Waals surface area contributed by atoms with Crippen LogP contribution in [0.25, 0.3) is 0 Å². The lowest BCUT2D eigenvalue weighted by molar-refractivity contribution is -0.119. The van der Waals surface area contributed by atoms with Crippen molar-refractivity contribution in [1.82, 2.24) is 10.6 Å². The van der Waals surface area contributed by atoms with E-state index < -0.39 is 35.2 Å². The average molecular weight is 425 g/mol. The standard InChI is InChI=1S/C23H21F2N3O3/c1-31-15-10-17(24)20(18(25)11-15)16-6-7-19(29)21(16)27-22(30)28-23(8-9-23)14-4-2-13(12-26)3-5-14/h2-5,10-11,16,21H,6-9H2,1H3,(H2,27,28,30)/t16-,21-/m0/s1. The first-order valence-electron chi connectivity index (χ1n) is 10.0. The summed E-state index contributed by atoms with van der Waals surface area (Å²) in [6.07, 6.45) is 1.80. The van der Waals surface area contributed by atoms with Crippen LogP contribution in [0, 0.1) is 23.0 Å². The monoisotopic (exact) mass is 425 g/mol. The highest BCUT2D eigenvalue weighted by Gasteiger charge is 2.47. The largest absolute Gasteiger partial charge is 0.497 e. The molecule has 0 aliphatic heterocycles. The third-order valence-corrected chi connectivity index (χ3v) is 6.07. The number of halogens is 2. The van der Waals surface area contributed by atoms with Crippen LogP contribution in [0.4, 0.5) is 13.6 Å². The number of nitrogens with zero attached hydrogens (tertiary/aromatic N) is 1. The molecule has 2 saturated carbocycles. The smallest absolute Gasteiger partial charge is 0.316 e. The number of nitrogens with one attached hydrogen (secondary N) is 2. The summed E-state index contributed by atoms with van der Waals surface area (Å²) >= 11 is 0. The number of carbonyl (C=O) groups is 2. The maximum absolute atomic E-state index is 14.6. The lowest BCUT2D eigenvalue weighted by Crippen LogP contribution is -2.49. The van der Waals surface area contributed by atoms with E-state index >= 15 is 0 Å². The second-order valence-electron chi connectivity index (χ2n) is 7.96. The summed E-state index contributed by atoms with van der Waals surface area (Å²) < 4.78 is 34.0. The Balaban J connectivity index is 1.51. The zero-order valence-corrected chi connectivity index (χ0v) is 16.9.